The molecule has 0 heterocycles. The van der Waals surface area contributed by atoms with Crippen LogP contribution >= 0.6 is 0 Å². The van der Waals surface area contributed by atoms with Crippen molar-refractivity contribution in [2.24, 2.45) is 17.8 Å². The molecule has 5 unspecified atom stereocenters. The van der Waals surface area contributed by atoms with Gasteiger partial charge in [-0.3, -0.25) is 0 Å². The first-order chi connectivity index (χ1) is 10.2. The summed E-state index contributed by atoms with van der Waals surface area (Å²) in [4.78, 5) is 0. The maximum Gasteiger partial charge on any atom is 0.122 e. The second-order valence-corrected chi connectivity index (χ2v) is 6.82. The van der Waals surface area contributed by atoms with Crippen LogP contribution in [-0.4, -0.2) is 19.2 Å². The Bertz CT molecular complexity index is 510. The van der Waals surface area contributed by atoms with Crippen LogP contribution in [0.3, 0.4) is 0 Å². The van der Waals surface area contributed by atoms with Crippen LogP contribution in [0.5, 0.6) is 5.75 Å². The fraction of sp³-hybridized carbons (Fsp3) is 0.579. The van der Waals surface area contributed by atoms with Crippen LogP contribution in [0.25, 0.3) is 0 Å². The van der Waals surface area contributed by atoms with Crippen LogP contribution in [0.4, 0.5) is 0 Å². The van der Waals surface area contributed by atoms with Gasteiger partial charge in [0.1, 0.15) is 5.75 Å². The van der Waals surface area contributed by atoms with Crippen molar-refractivity contribution in [2.75, 3.05) is 7.11 Å². The minimum atomic E-state index is 0.472. The summed E-state index contributed by atoms with van der Waals surface area (Å²) >= 11 is 0. The van der Waals surface area contributed by atoms with Gasteiger partial charge in [0.15, 0.2) is 0 Å². The molecule has 5 atom stereocenters. The van der Waals surface area contributed by atoms with Crippen molar-refractivity contribution in [1.82, 2.24) is 5.32 Å². The highest BCUT2D eigenvalue weighted by Gasteiger charge is 2.38. The second kappa shape index (κ2) is 6.23. The minimum absolute atomic E-state index is 0.472. The van der Waals surface area contributed by atoms with Crippen molar-refractivity contribution in [3.05, 3.63) is 42.0 Å². The van der Waals surface area contributed by atoms with Gasteiger partial charge >= 0.3 is 0 Å². The van der Waals surface area contributed by atoms with E-state index >= 15 is 0 Å². The Morgan fingerprint density at radius 3 is 2.67 bits per heavy atom. The summed E-state index contributed by atoms with van der Waals surface area (Å²) in [5, 5.41) is 3.82. The molecule has 21 heavy (non-hydrogen) atoms. The number of nitrogens with one attached hydrogen (secondary N) is 1. The van der Waals surface area contributed by atoms with Gasteiger partial charge in [0.05, 0.1) is 7.11 Å². The summed E-state index contributed by atoms with van der Waals surface area (Å²) in [6.45, 7) is 4.64. The molecule has 2 bridgehead atoms. The van der Waals surface area contributed by atoms with Crippen LogP contribution in [0, 0.1) is 17.8 Å². The Morgan fingerprint density at radius 2 is 2.00 bits per heavy atom. The predicted molar refractivity (Wildman–Crippen MR) is 87.6 cm³/mol. The third-order valence-corrected chi connectivity index (χ3v) is 5.24. The molecule has 2 heteroatoms. The number of allylic oxidation sites excluding steroid dienone is 2. The molecule has 0 saturated heterocycles. The molecular weight excluding hydrogens is 258 g/mol. The molecule has 114 valence electrons. The van der Waals surface area contributed by atoms with Crippen molar-refractivity contribution in [2.45, 2.75) is 45.2 Å². The average Bonchev–Trinajstić information content (AvgIpc) is 3.10. The van der Waals surface area contributed by atoms with Gasteiger partial charge in [0.25, 0.3) is 0 Å². The van der Waals surface area contributed by atoms with Gasteiger partial charge in [-0.15, -0.1) is 0 Å². The van der Waals surface area contributed by atoms with Crippen LogP contribution in [0.2, 0.25) is 0 Å². The van der Waals surface area contributed by atoms with E-state index in [9.17, 15) is 0 Å². The molecular formula is C19H27NO. The molecule has 1 N–H and O–H groups in total. The van der Waals surface area contributed by atoms with Crippen LogP contribution in [-0.2, 0) is 6.42 Å². The monoisotopic (exact) mass is 285 g/mol. The van der Waals surface area contributed by atoms with E-state index in [1.807, 2.05) is 12.1 Å². The number of methoxy groups -OCH3 is 1. The Labute approximate surface area is 128 Å². The van der Waals surface area contributed by atoms with Crippen molar-refractivity contribution in [1.29, 1.82) is 0 Å². The minimum Gasteiger partial charge on any atom is -0.496 e. The smallest absolute Gasteiger partial charge is 0.122 e. The average molecular weight is 285 g/mol. The summed E-state index contributed by atoms with van der Waals surface area (Å²) in [5.74, 6) is 3.49. The molecule has 3 rings (SSSR count). The maximum atomic E-state index is 5.45. The third-order valence-electron chi connectivity index (χ3n) is 5.24. The number of benzene rings is 1. The fourth-order valence-electron chi connectivity index (χ4n) is 4.23. The molecule has 0 aromatic heterocycles. The van der Waals surface area contributed by atoms with E-state index in [-0.39, 0.29) is 0 Å². The number of ether oxygens (including phenoxy) is 1. The molecule has 2 aliphatic carbocycles. The molecule has 0 radical (unpaired) electrons. The predicted octanol–water partition coefficient (Wildman–Crippen LogP) is 3.82. The summed E-state index contributed by atoms with van der Waals surface area (Å²) in [7, 11) is 1.75. The summed E-state index contributed by atoms with van der Waals surface area (Å²) in [6, 6.07) is 9.40. The van der Waals surface area contributed by atoms with E-state index in [2.05, 4.69) is 43.4 Å². The summed E-state index contributed by atoms with van der Waals surface area (Å²) in [6.07, 6.45) is 8.65. The van der Waals surface area contributed by atoms with Crippen molar-refractivity contribution >= 4 is 0 Å². The molecule has 0 spiro atoms. The maximum absolute atomic E-state index is 5.45. The lowest BCUT2D eigenvalue weighted by Gasteiger charge is -2.29. The van der Waals surface area contributed by atoms with Crippen LogP contribution < -0.4 is 10.1 Å². The Balaban J connectivity index is 1.56. The molecule has 0 amide bonds. The molecule has 0 aliphatic heterocycles. The summed E-state index contributed by atoms with van der Waals surface area (Å²) < 4.78 is 5.45. The van der Waals surface area contributed by atoms with Gasteiger partial charge in [0, 0.05) is 12.1 Å². The van der Waals surface area contributed by atoms with E-state index in [0.29, 0.717) is 12.1 Å². The number of para-hydroxylation sites is 1. The van der Waals surface area contributed by atoms with Crippen molar-refractivity contribution in [3.63, 3.8) is 0 Å². The number of hydrogen-bond acceptors (Lipinski definition) is 2. The molecule has 2 aliphatic rings. The summed E-state index contributed by atoms with van der Waals surface area (Å²) in [5.41, 5.74) is 1.29. The van der Waals surface area contributed by atoms with Gasteiger partial charge in [0.2, 0.25) is 0 Å². The van der Waals surface area contributed by atoms with Crippen LogP contribution in [0.15, 0.2) is 36.4 Å². The molecule has 1 saturated carbocycles. The SMILES string of the molecule is COc1ccccc1CC(C)NC(C)C1CC2C=CC1C2. The highest BCUT2D eigenvalue weighted by Crippen LogP contribution is 2.44. The molecule has 2 nitrogen and oxygen atoms in total. The number of hydrogen-bond donors (Lipinski definition) is 1. The second-order valence-electron chi connectivity index (χ2n) is 6.82. The standard InChI is InChI=1S/C19H27NO/c1-13(10-17-6-4-5-7-19(17)21-3)20-14(2)18-12-15-8-9-16(18)11-15/h4-9,13-16,18,20H,10-12H2,1-3H3. The lowest BCUT2D eigenvalue weighted by atomic mass is 9.87. The molecule has 1 aromatic carbocycles. The topological polar surface area (TPSA) is 21.3 Å². The van der Waals surface area contributed by atoms with Crippen molar-refractivity contribution in [3.8, 4) is 5.75 Å². The lowest BCUT2D eigenvalue weighted by molar-refractivity contribution is 0.303. The highest BCUT2D eigenvalue weighted by molar-refractivity contribution is 5.33. The van der Waals surface area contributed by atoms with E-state index in [0.717, 1.165) is 29.9 Å². The third kappa shape index (κ3) is 3.16. The Morgan fingerprint density at radius 1 is 1.19 bits per heavy atom. The largest absolute Gasteiger partial charge is 0.496 e. The van der Waals surface area contributed by atoms with Gasteiger partial charge in [-0.05, 0) is 62.5 Å². The first-order valence-corrected chi connectivity index (χ1v) is 8.23. The number of fused-ring (bicyclic) bond motifs is 2. The van der Waals surface area contributed by atoms with Gasteiger partial charge in [-0.25, -0.2) is 0 Å². The Kier molecular flexibility index (Phi) is 4.34. The van der Waals surface area contributed by atoms with Crippen molar-refractivity contribution < 1.29 is 4.74 Å². The lowest BCUT2D eigenvalue weighted by Crippen LogP contribution is -2.41. The Hall–Kier alpha value is -1.28. The quantitative estimate of drug-likeness (QED) is 0.802. The highest BCUT2D eigenvalue weighted by atomic mass is 16.5. The fourth-order valence-corrected chi connectivity index (χ4v) is 4.23. The van der Waals surface area contributed by atoms with E-state index < -0.39 is 0 Å². The zero-order valence-electron chi connectivity index (χ0n) is 13.4. The van der Waals surface area contributed by atoms with E-state index in [1.165, 1.54) is 18.4 Å². The zero-order chi connectivity index (χ0) is 14.8. The first kappa shape index (κ1) is 14.6. The van der Waals surface area contributed by atoms with E-state index in [4.69, 9.17) is 4.74 Å². The van der Waals surface area contributed by atoms with E-state index in [1.54, 1.807) is 7.11 Å². The zero-order valence-corrected chi connectivity index (χ0v) is 13.4. The molecule has 1 aromatic rings. The normalized spacial score (nSPS) is 29.6. The number of rotatable bonds is 6. The van der Waals surface area contributed by atoms with Crippen LogP contribution in [0.1, 0.15) is 32.3 Å². The van der Waals surface area contributed by atoms with Gasteiger partial charge < -0.3 is 10.1 Å². The first-order valence-electron chi connectivity index (χ1n) is 8.23. The van der Waals surface area contributed by atoms with Gasteiger partial charge in [-0.2, -0.15) is 0 Å². The van der Waals surface area contributed by atoms with Gasteiger partial charge in [-0.1, -0.05) is 30.4 Å². The molecule has 1 fully saturated rings.